The van der Waals surface area contributed by atoms with Crippen molar-refractivity contribution in [2.45, 2.75) is 37.3 Å². The molecule has 2 aliphatic rings. The molecule has 0 radical (unpaired) electrons. The molecule has 2 aromatic rings. The number of aliphatic hydroxyl groups excluding tert-OH is 1. The Morgan fingerprint density at radius 1 is 1.00 bits per heavy atom. The van der Waals surface area contributed by atoms with Crippen molar-refractivity contribution in [1.29, 1.82) is 0 Å². The van der Waals surface area contributed by atoms with Crippen molar-refractivity contribution in [3.05, 3.63) is 65.2 Å². The van der Waals surface area contributed by atoms with Crippen LogP contribution in [0, 0.1) is 0 Å². The molecular weight excluding hydrogens is 246 g/mol. The van der Waals surface area contributed by atoms with Gasteiger partial charge in [-0.05, 0) is 47.9 Å². The van der Waals surface area contributed by atoms with Gasteiger partial charge in [0.05, 0.1) is 12.1 Å². The monoisotopic (exact) mass is 265 g/mol. The molecule has 0 spiro atoms. The molecule has 2 aromatic carbocycles. The van der Waals surface area contributed by atoms with E-state index in [2.05, 4.69) is 41.7 Å². The first-order chi connectivity index (χ1) is 9.83. The van der Waals surface area contributed by atoms with Gasteiger partial charge in [-0.1, -0.05) is 42.5 Å². The number of hydrogen-bond acceptors (Lipinski definition) is 2. The zero-order chi connectivity index (χ0) is 13.5. The largest absolute Gasteiger partial charge is 0.386 e. The van der Waals surface area contributed by atoms with E-state index in [0.717, 1.165) is 12.0 Å². The van der Waals surface area contributed by atoms with Gasteiger partial charge in [0.15, 0.2) is 0 Å². The molecule has 4 rings (SSSR count). The number of hydrogen-bond donors (Lipinski definition) is 2. The summed E-state index contributed by atoms with van der Waals surface area (Å²) in [6.07, 6.45) is 3.00. The molecule has 2 N–H and O–H groups in total. The molecule has 2 atom stereocenters. The number of para-hydroxylation sites is 1. The van der Waals surface area contributed by atoms with Crippen molar-refractivity contribution in [2.75, 3.05) is 5.32 Å². The van der Waals surface area contributed by atoms with E-state index in [1.54, 1.807) is 0 Å². The Kier molecular flexibility index (Phi) is 2.78. The summed E-state index contributed by atoms with van der Waals surface area (Å²) in [5, 5.41) is 14.3. The summed E-state index contributed by atoms with van der Waals surface area (Å²) in [6, 6.07) is 16.8. The molecule has 0 aromatic heterocycles. The van der Waals surface area contributed by atoms with E-state index < -0.39 is 6.10 Å². The summed E-state index contributed by atoms with van der Waals surface area (Å²) in [7, 11) is 0. The zero-order valence-corrected chi connectivity index (χ0v) is 11.4. The average molecular weight is 265 g/mol. The third-order valence-electron chi connectivity index (χ3n) is 4.51. The van der Waals surface area contributed by atoms with E-state index in [1.165, 1.54) is 29.7 Å². The van der Waals surface area contributed by atoms with Gasteiger partial charge in [0.1, 0.15) is 0 Å². The normalized spacial score (nSPS) is 22.1. The molecule has 1 saturated carbocycles. The van der Waals surface area contributed by atoms with Crippen LogP contribution in [0.25, 0.3) is 0 Å². The standard InChI is InChI=1S/C18H19NO/c20-18(15-7-3-2-6-14(15)12-9-10-12)17-11-13-5-1-4-8-16(13)19-17/h1-8,12,17-20H,9-11H2. The van der Waals surface area contributed by atoms with Crippen LogP contribution in [-0.2, 0) is 6.42 Å². The second kappa shape index (κ2) is 4.64. The molecule has 2 unspecified atom stereocenters. The van der Waals surface area contributed by atoms with Gasteiger partial charge in [0.25, 0.3) is 0 Å². The Morgan fingerprint density at radius 2 is 1.75 bits per heavy atom. The fourth-order valence-corrected chi connectivity index (χ4v) is 3.28. The van der Waals surface area contributed by atoms with Crippen molar-refractivity contribution < 1.29 is 5.11 Å². The molecule has 102 valence electrons. The van der Waals surface area contributed by atoms with Crippen molar-refractivity contribution in [2.24, 2.45) is 0 Å². The van der Waals surface area contributed by atoms with Gasteiger partial charge in [0, 0.05) is 5.69 Å². The lowest BCUT2D eigenvalue weighted by Gasteiger charge is -2.22. The van der Waals surface area contributed by atoms with Gasteiger partial charge in [0.2, 0.25) is 0 Å². The van der Waals surface area contributed by atoms with Crippen LogP contribution in [0.2, 0.25) is 0 Å². The van der Waals surface area contributed by atoms with Gasteiger partial charge < -0.3 is 10.4 Å². The number of benzene rings is 2. The SMILES string of the molecule is OC(c1ccccc1C1CC1)C1Cc2ccccc2N1. The number of aliphatic hydroxyl groups is 1. The fourth-order valence-electron chi connectivity index (χ4n) is 3.28. The smallest absolute Gasteiger partial charge is 0.0996 e. The summed E-state index contributed by atoms with van der Waals surface area (Å²) in [4.78, 5) is 0. The summed E-state index contributed by atoms with van der Waals surface area (Å²) in [5.41, 5.74) is 4.93. The van der Waals surface area contributed by atoms with Gasteiger partial charge in [-0.15, -0.1) is 0 Å². The molecule has 1 heterocycles. The molecule has 0 saturated heterocycles. The van der Waals surface area contributed by atoms with E-state index >= 15 is 0 Å². The average Bonchev–Trinajstić information content (AvgIpc) is 3.25. The topological polar surface area (TPSA) is 32.3 Å². The van der Waals surface area contributed by atoms with Crippen LogP contribution in [-0.4, -0.2) is 11.1 Å². The predicted molar refractivity (Wildman–Crippen MR) is 80.9 cm³/mol. The van der Waals surface area contributed by atoms with E-state index in [0.29, 0.717) is 5.92 Å². The van der Waals surface area contributed by atoms with Crippen LogP contribution >= 0.6 is 0 Å². The minimum atomic E-state index is -0.431. The number of rotatable bonds is 3. The summed E-state index contributed by atoms with van der Waals surface area (Å²) in [5.74, 6) is 0.671. The predicted octanol–water partition coefficient (Wildman–Crippen LogP) is 3.63. The third-order valence-corrected chi connectivity index (χ3v) is 4.51. The molecule has 1 aliphatic carbocycles. The van der Waals surface area contributed by atoms with Crippen LogP contribution in [0.4, 0.5) is 5.69 Å². The lowest BCUT2D eigenvalue weighted by Crippen LogP contribution is -2.25. The Bertz CT molecular complexity index is 608. The van der Waals surface area contributed by atoms with E-state index in [4.69, 9.17) is 0 Å². The fraction of sp³-hybridized carbons (Fsp3) is 0.333. The molecule has 2 nitrogen and oxygen atoms in total. The molecule has 1 fully saturated rings. The summed E-state index contributed by atoms with van der Waals surface area (Å²) >= 11 is 0. The van der Waals surface area contributed by atoms with Crippen LogP contribution < -0.4 is 5.32 Å². The Labute approximate surface area is 119 Å². The van der Waals surface area contributed by atoms with Gasteiger partial charge in [-0.3, -0.25) is 0 Å². The minimum Gasteiger partial charge on any atom is -0.386 e. The second-order valence-corrected chi connectivity index (χ2v) is 5.96. The first-order valence-electron chi connectivity index (χ1n) is 7.44. The van der Waals surface area contributed by atoms with E-state index in [1.807, 2.05) is 12.1 Å². The Balaban J connectivity index is 1.61. The summed E-state index contributed by atoms with van der Waals surface area (Å²) in [6.45, 7) is 0. The maximum absolute atomic E-state index is 10.8. The quantitative estimate of drug-likeness (QED) is 0.888. The number of fused-ring (bicyclic) bond motifs is 1. The van der Waals surface area contributed by atoms with Crippen molar-refractivity contribution in [3.8, 4) is 0 Å². The Morgan fingerprint density at radius 3 is 2.55 bits per heavy atom. The molecular formula is C18H19NO. The van der Waals surface area contributed by atoms with Gasteiger partial charge in [-0.2, -0.15) is 0 Å². The highest BCUT2D eigenvalue weighted by Gasteiger charge is 2.32. The molecule has 2 heteroatoms. The van der Waals surface area contributed by atoms with E-state index in [-0.39, 0.29) is 6.04 Å². The lowest BCUT2D eigenvalue weighted by molar-refractivity contribution is 0.155. The molecule has 20 heavy (non-hydrogen) atoms. The van der Waals surface area contributed by atoms with Gasteiger partial charge in [-0.25, -0.2) is 0 Å². The number of nitrogens with one attached hydrogen (secondary N) is 1. The molecule has 0 amide bonds. The van der Waals surface area contributed by atoms with Crippen LogP contribution in [0.1, 0.15) is 41.6 Å². The minimum absolute atomic E-state index is 0.0901. The van der Waals surface area contributed by atoms with Crippen molar-refractivity contribution in [3.63, 3.8) is 0 Å². The number of anilines is 1. The summed E-state index contributed by atoms with van der Waals surface area (Å²) < 4.78 is 0. The third kappa shape index (κ3) is 2.01. The lowest BCUT2D eigenvalue weighted by atomic mass is 9.93. The first kappa shape index (κ1) is 12.0. The maximum atomic E-state index is 10.8. The Hall–Kier alpha value is -1.80. The zero-order valence-electron chi connectivity index (χ0n) is 11.4. The van der Waals surface area contributed by atoms with E-state index in [9.17, 15) is 5.11 Å². The highest BCUT2D eigenvalue weighted by Crippen LogP contribution is 2.44. The van der Waals surface area contributed by atoms with Crippen molar-refractivity contribution >= 4 is 5.69 Å². The van der Waals surface area contributed by atoms with Crippen LogP contribution in [0.5, 0.6) is 0 Å². The highest BCUT2D eigenvalue weighted by molar-refractivity contribution is 5.57. The second-order valence-electron chi connectivity index (χ2n) is 5.96. The maximum Gasteiger partial charge on any atom is 0.0996 e. The van der Waals surface area contributed by atoms with Crippen molar-refractivity contribution in [1.82, 2.24) is 0 Å². The van der Waals surface area contributed by atoms with Crippen LogP contribution in [0.3, 0.4) is 0 Å². The highest BCUT2D eigenvalue weighted by atomic mass is 16.3. The molecule has 1 aliphatic heterocycles. The van der Waals surface area contributed by atoms with Crippen LogP contribution in [0.15, 0.2) is 48.5 Å². The molecule has 0 bridgehead atoms. The first-order valence-corrected chi connectivity index (χ1v) is 7.44. The van der Waals surface area contributed by atoms with Gasteiger partial charge >= 0.3 is 0 Å².